The molecule has 0 atom stereocenters. The number of carboxylic acid groups (broad SMARTS) is 1. The Hall–Kier alpha value is -2.58. The summed E-state index contributed by atoms with van der Waals surface area (Å²) in [5.74, 6) is -3.06. The zero-order valence-electron chi connectivity index (χ0n) is 12.4. The number of alkyl halides is 3. The first-order chi connectivity index (χ1) is 10.5. The minimum absolute atomic E-state index is 0.0530. The number of nitrogens with zero attached hydrogens (tertiary/aromatic N) is 2. The fraction of sp³-hybridized carbons (Fsp3) is 0.357. The SMILES string of the molecule is Cn1cc2c3c1C(=O)C(N)=CC3=[N+](C)CC2.O=C([O-])C(F)(F)F. The third-order valence-corrected chi connectivity index (χ3v) is 3.64. The number of likely N-dealkylation sites (N-methyl/N-ethyl adjacent to an activating group) is 1. The van der Waals surface area contributed by atoms with Crippen molar-refractivity contribution in [2.24, 2.45) is 12.8 Å². The number of hydrogen-bond donors (Lipinski definition) is 1. The van der Waals surface area contributed by atoms with E-state index < -0.39 is 12.1 Å². The first-order valence-corrected chi connectivity index (χ1v) is 6.60. The maximum absolute atomic E-state index is 12.0. The van der Waals surface area contributed by atoms with Crippen LogP contribution in [0.15, 0.2) is 18.0 Å². The van der Waals surface area contributed by atoms with Crippen molar-refractivity contribution in [3.8, 4) is 0 Å². The van der Waals surface area contributed by atoms with Gasteiger partial charge in [0.05, 0.1) is 11.3 Å². The molecule has 124 valence electrons. The molecule has 0 bridgehead atoms. The monoisotopic (exact) mass is 329 g/mol. The lowest BCUT2D eigenvalue weighted by molar-refractivity contribution is -0.497. The van der Waals surface area contributed by atoms with Crippen LogP contribution in [0.2, 0.25) is 0 Å². The Kier molecular flexibility index (Phi) is 4.06. The molecule has 0 amide bonds. The topological polar surface area (TPSA) is 91.2 Å². The summed E-state index contributed by atoms with van der Waals surface area (Å²) >= 11 is 0. The van der Waals surface area contributed by atoms with Crippen LogP contribution >= 0.6 is 0 Å². The van der Waals surface area contributed by atoms with E-state index >= 15 is 0 Å². The Morgan fingerprint density at radius 2 is 2.00 bits per heavy atom. The van der Waals surface area contributed by atoms with E-state index in [-0.39, 0.29) is 5.78 Å². The highest BCUT2D eigenvalue weighted by atomic mass is 19.4. The van der Waals surface area contributed by atoms with Gasteiger partial charge in [-0.05, 0) is 5.56 Å². The Balaban J connectivity index is 0.000000236. The fourth-order valence-electron chi connectivity index (χ4n) is 2.57. The van der Waals surface area contributed by atoms with Gasteiger partial charge in [0.15, 0.2) is 0 Å². The molecule has 1 aliphatic carbocycles. The van der Waals surface area contributed by atoms with E-state index in [1.54, 1.807) is 6.08 Å². The number of hydrogen-bond acceptors (Lipinski definition) is 4. The van der Waals surface area contributed by atoms with Gasteiger partial charge in [-0.2, -0.15) is 13.2 Å². The highest BCUT2D eigenvalue weighted by Gasteiger charge is 2.35. The summed E-state index contributed by atoms with van der Waals surface area (Å²) < 4.78 is 35.6. The quantitative estimate of drug-likeness (QED) is 0.641. The van der Waals surface area contributed by atoms with Crippen molar-refractivity contribution in [3.05, 3.63) is 34.8 Å². The van der Waals surface area contributed by atoms with Crippen molar-refractivity contribution in [2.45, 2.75) is 12.6 Å². The van der Waals surface area contributed by atoms with E-state index in [0.717, 1.165) is 29.9 Å². The molecule has 0 aromatic carbocycles. The molecule has 0 saturated carbocycles. The van der Waals surface area contributed by atoms with Crippen LogP contribution in [0.5, 0.6) is 0 Å². The summed E-state index contributed by atoms with van der Waals surface area (Å²) in [6.45, 7) is 0.976. The second kappa shape index (κ2) is 5.56. The molecule has 0 fully saturated rings. The van der Waals surface area contributed by atoms with Gasteiger partial charge in [0, 0.05) is 25.7 Å². The molecule has 2 aliphatic rings. The maximum atomic E-state index is 12.0. The van der Waals surface area contributed by atoms with E-state index in [1.807, 2.05) is 24.9 Å². The lowest BCUT2D eigenvalue weighted by Gasteiger charge is -2.16. The number of carbonyl (C=O) groups excluding carboxylic acids is 2. The second-order valence-corrected chi connectivity index (χ2v) is 5.26. The number of nitrogens with two attached hydrogens (primary N) is 1. The lowest BCUT2D eigenvalue weighted by atomic mass is 9.92. The third-order valence-electron chi connectivity index (χ3n) is 3.64. The minimum Gasteiger partial charge on any atom is -0.542 e. The Labute approximate surface area is 129 Å². The van der Waals surface area contributed by atoms with E-state index in [0.29, 0.717) is 5.70 Å². The molecular formula is C14H14F3N3O3. The largest absolute Gasteiger partial charge is 0.542 e. The van der Waals surface area contributed by atoms with E-state index in [2.05, 4.69) is 4.58 Å². The number of aromatic nitrogens is 1. The number of aliphatic carboxylic acids is 1. The summed E-state index contributed by atoms with van der Waals surface area (Å²) in [6, 6.07) is 0. The number of halogens is 3. The molecule has 1 aromatic heterocycles. The van der Waals surface area contributed by atoms with Crippen molar-refractivity contribution in [1.29, 1.82) is 0 Å². The Bertz CT molecular complexity index is 757. The molecule has 9 heteroatoms. The van der Waals surface area contributed by atoms with Crippen molar-refractivity contribution in [3.63, 3.8) is 0 Å². The van der Waals surface area contributed by atoms with Crippen molar-refractivity contribution >= 4 is 17.5 Å². The second-order valence-electron chi connectivity index (χ2n) is 5.26. The van der Waals surface area contributed by atoms with Crippen LogP contribution in [0.4, 0.5) is 13.2 Å². The van der Waals surface area contributed by atoms with Crippen LogP contribution in [-0.4, -0.2) is 46.4 Å². The molecule has 0 saturated heterocycles. The first kappa shape index (κ1) is 16.8. The number of allylic oxidation sites excluding steroid dienone is 2. The molecule has 1 aromatic rings. The average molecular weight is 329 g/mol. The zero-order chi connectivity index (χ0) is 17.5. The minimum atomic E-state index is -5.19. The number of rotatable bonds is 0. The number of aryl methyl sites for hydroxylation is 1. The van der Waals surface area contributed by atoms with Gasteiger partial charge in [-0.25, -0.2) is 4.58 Å². The van der Waals surface area contributed by atoms with Gasteiger partial charge in [-0.3, -0.25) is 4.79 Å². The molecule has 0 spiro atoms. The van der Waals surface area contributed by atoms with E-state index in [9.17, 15) is 18.0 Å². The van der Waals surface area contributed by atoms with Crippen LogP contribution in [-0.2, 0) is 18.3 Å². The Morgan fingerprint density at radius 3 is 2.52 bits per heavy atom. The third kappa shape index (κ3) is 2.99. The molecule has 2 heterocycles. The van der Waals surface area contributed by atoms with Gasteiger partial charge >= 0.3 is 6.18 Å². The van der Waals surface area contributed by atoms with Crippen molar-refractivity contribution < 1.29 is 32.4 Å². The van der Waals surface area contributed by atoms with Crippen LogP contribution in [0.25, 0.3) is 0 Å². The standard InChI is InChI=1S/C12H13N3O.C2HF3O2/c1-14-4-3-7-6-15(2)11-10(7)9(14)5-8(13)12(11)16;3-2(4,5)1(6)7/h5-6,13H,3-4H2,1-2H3;(H,6,7). The summed E-state index contributed by atoms with van der Waals surface area (Å²) in [4.78, 5) is 20.8. The number of carboxylic acids is 1. The number of Topliss-reactive ketones (excluding diaryl/α,β-unsaturated/α-hetero) is 1. The summed E-state index contributed by atoms with van der Waals surface area (Å²) in [6.07, 6.45) is -0.362. The van der Waals surface area contributed by atoms with Gasteiger partial charge in [-0.15, -0.1) is 0 Å². The average Bonchev–Trinajstić information content (AvgIpc) is 2.76. The summed E-state index contributed by atoms with van der Waals surface area (Å²) in [7, 11) is 3.94. The predicted octanol–water partition coefficient (Wildman–Crippen LogP) is -0.650. The smallest absolute Gasteiger partial charge is 0.430 e. The summed E-state index contributed by atoms with van der Waals surface area (Å²) in [5, 5.41) is 8.78. The molecule has 6 nitrogen and oxygen atoms in total. The van der Waals surface area contributed by atoms with Gasteiger partial charge in [0.2, 0.25) is 11.5 Å². The highest BCUT2D eigenvalue weighted by molar-refractivity contribution is 6.24. The normalized spacial score (nSPS) is 16.4. The molecular weight excluding hydrogens is 315 g/mol. The maximum Gasteiger partial charge on any atom is 0.430 e. The van der Waals surface area contributed by atoms with Gasteiger partial charge in [-0.1, -0.05) is 0 Å². The van der Waals surface area contributed by atoms with Crippen LogP contribution < -0.4 is 10.8 Å². The van der Waals surface area contributed by atoms with Crippen LogP contribution in [0.1, 0.15) is 21.6 Å². The van der Waals surface area contributed by atoms with Gasteiger partial charge < -0.3 is 20.2 Å². The van der Waals surface area contributed by atoms with Crippen molar-refractivity contribution in [1.82, 2.24) is 4.57 Å². The summed E-state index contributed by atoms with van der Waals surface area (Å²) in [5.41, 5.74) is 10.3. The predicted molar refractivity (Wildman–Crippen MR) is 71.9 cm³/mol. The zero-order valence-corrected chi connectivity index (χ0v) is 12.4. The Morgan fingerprint density at radius 1 is 1.43 bits per heavy atom. The van der Waals surface area contributed by atoms with Crippen molar-refractivity contribution in [2.75, 3.05) is 13.6 Å². The van der Waals surface area contributed by atoms with Gasteiger partial charge in [0.25, 0.3) is 0 Å². The first-order valence-electron chi connectivity index (χ1n) is 6.60. The number of carbonyl (C=O) groups is 2. The molecule has 23 heavy (non-hydrogen) atoms. The van der Waals surface area contributed by atoms with Gasteiger partial charge in [0.1, 0.15) is 25.3 Å². The van der Waals surface area contributed by atoms with Crippen LogP contribution in [0, 0.1) is 0 Å². The number of ketones is 1. The fourth-order valence-corrected chi connectivity index (χ4v) is 2.57. The molecule has 2 N–H and O–H groups in total. The molecule has 3 rings (SSSR count). The molecule has 0 radical (unpaired) electrons. The van der Waals surface area contributed by atoms with E-state index in [1.165, 1.54) is 5.56 Å². The van der Waals surface area contributed by atoms with Crippen LogP contribution in [0.3, 0.4) is 0 Å². The van der Waals surface area contributed by atoms with E-state index in [4.69, 9.17) is 15.6 Å². The lowest BCUT2D eigenvalue weighted by Crippen LogP contribution is -2.37. The molecule has 0 unspecified atom stereocenters. The highest BCUT2D eigenvalue weighted by Crippen LogP contribution is 2.27. The molecule has 1 aliphatic heterocycles.